The number of carbonyl (C=O) groups is 2. The standard InChI is InChI=1S/C21H13ClN2O4S2/c22-15-4-2-1-3-12(15)10-17-20(27)24(21(29)30-17)11-18(25)23-14-6-7-16-13(9-14)5-8-19(26)28-16/h1-10H,11H2,(H,23,25)/b17-10+. The van der Waals surface area contributed by atoms with Gasteiger partial charge in [-0.1, -0.05) is 53.8 Å². The molecule has 3 aromatic rings. The Kier molecular flexibility index (Phi) is 5.72. The van der Waals surface area contributed by atoms with Gasteiger partial charge in [-0.15, -0.1) is 0 Å². The lowest BCUT2D eigenvalue weighted by Crippen LogP contribution is -2.36. The molecule has 0 radical (unpaired) electrons. The van der Waals surface area contributed by atoms with Crippen molar-refractivity contribution in [3.63, 3.8) is 0 Å². The molecule has 6 nitrogen and oxygen atoms in total. The molecule has 2 aromatic carbocycles. The number of halogens is 1. The van der Waals surface area contributed by atoms with E-state index in [0.29, 0.717) is 36.5 Å². The Bertz CT molecular complexity index is 1290. The minimum absolute atomic E-state index is 0.216. The van der Waals surface area contributed by atoms with E-state index in [0.717, 1.165) is 11.8 Å². The lowest BCUT2D eigenvalue weighted by molar-refractivity contribution is -0.126. The van der Waals surface area contributed by atoms with Crippen LogP contribution in [-0.2, 0) is 9.59 Å². The van der Waals surface area contributed by atoms with Crippen molar-refractivity contribution in [3.05, 3.63) is 80.5 Å². The van der Waals surface area contributed by atoms with Crippen LogP contribution in [0.25, 0.3) is 17.0 Å². The van der Waals surface area contributed by atoms with Crippen LogP contribution >= 0.6 is 35.6 Å². The van der Waals surface area contributed by atoms with Crippen molar-refractivity contribution < 1.29 is 14.0 Å². The van der Waals surface area contributed by atoms with Crippen molar-refractivity contribution in [2.24, 2.45) is 0 Å². The fourth-order valence-electron chi connectivity index (χ4n) is 2.86. The molecule has 0 bridgehead atoms. The highest BCUT2D eigenvalue weighted by molar-refractivity contribution is 8.26. The van der Waals surface area contributed by atoms with E-state index in [1.54, 1.807) is 48.5 Å². The molecule has 1 aliphatic rings. The van der Waals surface area contributed by atoms with Crippen LogP contribution in [0.4, 0.5) is 5.69 Å². The van der Waals surface area contributed by atoms with Gasteiger partial charge in [0.2, 0.25) is 5.91 Å². The first-order valence-corrected chi connectivity index (χ1v) is 10.3. The van der Waals surface area contributed by atoms with Crippen LogP contribution in [0.5, 0.6) is 0 Å². The Labute approximate surface area is 185 Å². The number of hydrogen-bond acceptors (Lipinski definition) is 6. The summed E-state index contributed by atoms with van der Waals surface area (Å²) in [6.07, 6.45) is 1.66. The van der Waals surface area contributed by atoms with Gasteiger partial charge in [0.05, 0.1) is 4.91 Å². The lowest BCUT2D eigenvalue weighted by Gasteiger charge is -2.14. The van der Waals surface area contributed by atoms with Gasteiger partial charge in [0.15, 0.2) is 0 Å². The molecule has 1 aliphatic heterocycles. The van der Waals surface area contributed by atoms with Crippen molar-refractivity contribution in [2.45, 2.75) is 0 Å². The van der Waals surface area contributed by atoms with Gasteiger partial charge in [0.1, 0.15) is 16.4 Å². The Morgan fingerprint density at radius 2 is 1.97 bits per heavy atom. The quantitative estimate of drug-likeness (QED) is 0.358. The molecule has 9 heteroatoms. The summed E-state index contributed by atoms with van der Waals surface area (Å²) in [6, 6.07) is 15.0. The molecule has 2 amide bonds. The zero-order chi connectivity index (χ0) is 21.3. The van der Waals surface area contributed by atoms with Crippen molar-refractivity contribution in [2.75, 3.05) is 11.9 Å². The molecular weight excluding hydrogens is 444 g/mol. The smallest absolute Gasteiger partial charge is 0.336 e. The van der Waals surface area contributed by atoms with Gasteiger partial charge in [0, 0.05) is 22.2 Å². The largest absolute Gasteiger partial charge is 0.423 e. The highest BCUT2D eigenvalue weighted by Crippen LogP contribution is 2.33. The number of thiocarbonyl (C=S) groups is 1. The summed E-state index contributed by atoms with van der Waals surface area (Å²) in [5.74, 6) is -0.748. The van der Waals surface area contributed by atoms with Crippen LogP contribution in [0.2, 0.25) is 5.02 Å². The number of amides is 2. The maximum atomic E-state index is 12.7. The highest BCUT2D eigenvalue weighted by atomic mass is 35.5. The molecule has 0 spiro atoms. The van der Waals surface area contributed by atoms with Crippen LogP contribution in [0.3, 0.4) is 0 Å². The van der Waals surface area contributed by atoms with E-state index in [-0.39, 0.29) is 12.5 Å². The van der Waals surface area contributed by atoms with E-state index in [1.165, 1.54) is 11.0 Å². The molecule has 150 valence electrons. The second kappa shape index (κ2) is 8.43. The van der Waals surface area contributed by atoms with Gasteiger partial charge in [-0.3, -0.25) is 14.5 Å². The zero-order valence-corrected chi connectivity index (χ0v) is 17.6. The number of nitrogens with one attached hydrogen (secondary N) is 1. The van der Waals surface area contributed by atoms with Crippen molar-refractivity contribution in [1.29, 1.82) is 0 Å². The number of benzene rings is 2. The van der Waals surface area contributed by atoms with Gasteiger partial charge >= 0.3 is 5.63 Å². The Morgan fingerprint density at radius 1 is 1.17 bits per heavy atom. The van der Waals surface area contributed by atoms with Crippen molar-refractivity contribution in [3.8, 4) is 0 Å². The molecule has 4 rings (SSSR count). The SMILES string of the molecule is O=C(CN1C(=O)/C(=C\c2ccccc2Cl)SC1=S)Nc1ccc2oc(=O)ccc2c1. The van der Waals surface area contributed by atoms with Crippen LogP contribution in [0.15, 0.2) is 68.7 Å². The zero-order valence-electron chi connectivity index (χ0n) is 15.3. The summed E-state index contributed by atoms with van der Waals surface area (Å²) in [4.78, 5) is 38.1. The normalized spacial score (nSPS) is 15.2. The average molecular weight is 457 g/mol. The van der Waals surface area contributed by atoms with E-state index in [9.17, 15) is 14.4 Å². The number of rotatable bonds is 4. The first kappa shape index (κ1) is 20.3. The highest BCUT2D eigenvalue weighted by Gasteiger charge is 2.33. The monoisotopic (exact) mass is 456 g/mol. The number of thioether (sulfide) groups is 1. The first-order chi connectivity index (χ1) is 14.4. The maximum absolute atomic E-state index is 12.7. The second-order valence-corrected chi connectivity index (χ2v) is 8.43. The predicted molar refractivity (Wildman–Crippen MR) is 122 cm³/mol. The van der Waals surface area contributed by atoms with E-state index in [2.05, 4.69) is 5.32 Å². The molecule has 1 saturated heterocycles. The van der Waals surface area contributed by atoms with Crippen molar-refractivity contribution in [1.82, 2.24) is 4.90 Å². The van der Waals surface area contributed by atoms with Crippen LogP contribution in [0.1, 0.15) is 5.56 Å². The fourth-order valence-corrected chi connectivity index (χ4v) is 4.30. The number of carbonyl (C=O) groups excluding carboxylic acids is 2. The number of nitrogens with zero attached hydrogens (tertiary/aromatic N) is 1. The summed E-state index contributed by atoms with van der Waals surface area (Å²) < 4.78 is 5.37. The maximum Gasteiger partial charge on any atom is 0.336 e. The average Bonchev–Trinajstić information content (AvgIpc) is 2.97. The third-order valence-electron chi connectivity index (χ3n) is 4.27. The molecule has 1 aromatic heterocycles. The van der Waals surface area contributed by atoms with E-state index in [1.807, 2.05) is 6.07 Å². The second-order valence-electron chi connectivity index (χ2n) is 6.34. The van der Waals surface area contributed by atoms with E-state index in [4.69, 9.17) is 28.2 Å². The Balaban J connectivity index is 1.47. The molecule has 0 aliphatic carbocycles. The van der Waals surface area contributed by atoms with Crippen LogP contribution in [-0.4, -0.2) is 27.6 Å². The molecule has 1 fully saturated rings. The number of anilines is 1. The fraction of sp³-hybridized carbons (Fsp3) is 0.0476. The lowest BCUT2D eigenvalue weighted by atomic mass is 10.2. The number of hydrogen-bond donors (Lipinski definition) is 1. The van der Waals surface area contributed by atoms with Gasteiger partial charge in [-0.2, -0.15) is 0 Å². The predicted octanol–water partition coefficient (Wildman–Crippen LogP) is 4.29. The van der Waals surface area contributed by atoms with E-state index >= 15 is 0 Å². The van der Waals surface area contributed by atoms with Gasteiger partial charge in [0.25, 0.3) is 5.91 Å². The molecule has 0 saturated carbocycles. The molecule has 0 unspecified atom stereocenters. The summed E-state index contributed by atoms with van der Waals surface area (Å²) in [7, 11) is 0. The molecule has 0 atom stereocenters. The third kappa shape index (κ3) is 4.30. The minimum Gasteiger partial charge on any atom is -0.423 e. The summed E-state index contributed by atoms with van der Waals surface area (Å²) in [5, 5.41) is 3.92. The summed E-state index contributed by atoms with van der Waals surface area (Å²) >= 11 is 12.5. The van der Waals surface area contributed by atoms with E-state index < -0.39 is 11.5 Å². The van der Waals surface area contributed by atoms with Crippen LogP contribution < -0.4 is 10.9 Å². The van der Waals surface area contributed by atoms with Gasteiger partial charge < -0.3 is 9.73 Å². The van der Waals surface area contributed by atoms with Gasteiger partial charge in [-0.25, -0.2) is 4.79 Å². The third-order valence-corrected chi connectivity index (χ3v) is 5.99. The molecule has 2 heterocycles. The minimum atomic E-state index is -0.446. The first-order valence-electron chi connectivity index (χ1n) is 8.74. The number of fused-ring (bicyclic) bond motifs is 1. The summed E-state index contributed by atoms with van der Waals surface area (Å²) in [5.41, 5.74) is 1.19. The Hall–Kier alpha value is -2.94. The molecule has 30 heavy (non-hydrogen) atoms. The molecular formula is C21H13ClN2O4S2. The topological polar surface area (TPSA) is 79.6 Å². The van der Waals surface area contributed by atoms with Gasteiger partial charge in [-0.05, 0) is 42.0 Å². The summed E-state index contributed by atoms with van der Waals surface area (Å²) in [6.45, 7) is -0.216. The Morgan fingerprint density at radius 3 is 2.77 bits per heavy atom. The molecule has 1 N–H and O–H groups in total. The van der Waals surface area contributed by atoms with Crippen molar-refractivity contribution >= 4 is 74.4 Å². The van der Waals surface area contributed by atoms with Crippen LogP contribution in [0, 0.1) is 0 Å².